The number of Topliss-reactive ketones (excluding diaryl/α,β-unsaturated/α-hetero) is 1. The molecule has 166 valence electrons. The van der Waals surface area contributed by atoms with Crippen molar-refractivity contribution in [1.29, 1.82) is 0 Å². The van der Waals surface area contributed by atoms with Gasteiger partial charge in [-0.2, -0.15) is 13.2 Å². The SMILES string of the molecule is O=C(C#Cc1ccc(Cl)cc1)C1NCC12CCN(C(=O)c1ccc(C(F)(F)F)cc1)CC2. The summed E-state index contributed by atoms with van der Waals surface area (Å²) in [6.45, 7) is 1.56. The lowest BCUT2D eigenvalue weighted by molar-refractivity contribution is -0.137. The van der Waals surface area contributed by atoms with Crippen LogP contribution < -0.4 is 5.32 Å². The van der Waals surface area contributed by atoms with Crippen LogP contribution in [0.3, 0.4) is 0 Å². The molecule has 2 saturated heterocycles. The maximum Gasteiger partial charge on any atom is 0.416 e. The van der Waals surface area contributed by atoms with E-state index < -0.39 is 11.7 Å². The summed E-state index contributed by atoms with van der Waals surface area (Å²) in [6.07, 6.45) is -3.18. The van der Waals surface area contributed by atoms with E-state index in [1.165, 1.54) is 12.1 Å². The van der Waals surface area contributed by atoms with Gasteiger partial charge < -0.3 is 10.2 Å². The first-order valence-corrected chi connectivity index (χ1v) is 10.6. The Kier molecular flexibility index (Phi) is 6.02. The third-order valence-corrected chi connectivity index (χ3v) is 6.46. The number of halogens is 4. The highest BCUT2D eigenvalue weighted by Crippen LogP contribution is 2.41. The number of ketones is 1. The van der Waals surface area contributed by atoms with Crippen LogP contribution in [0.25, 0.3) is 0 Å². The highest BCUT2D eigenvalue weighted by atomic mass is 35.5. The number of nitrogens with one attached hydrogen (secondary N) is 1. The maximum atomic E-state index is 12.7. The zero-order valence-electron chi connectivity index (χ0n) is 17.0. The Morgan fingerprint density at radius 2 is 1.66 bits per heavy atom. The van der Waals surface area contributed by atoms with Crippen LogP contribution in [0.4, 0.5) is 13.2 Å². The number of carbonyl (C=O) groups is 2. The van der Waals surface area contributed by atoms with Gasteiger partial charge in [-0.15, -0.1) is 0 Å². The summed E-state index contributed by atoms with van der Waals surface area (Å²) in [6, 6.07) is 10.8. The molecule has 1 amide bonds. The minimum absolute atomic E-state index is 0.186. The van der Waals surface area contributed by atoms with Crippen LogP contribution in [0.1, 0.15) is 34.3 Å². The van der Waals surface area contributed by atoms with E-state index >= 15 is 0 Å². The summed E-state index contributed by atoms with van der Waals surface area (Å²) in [5, 5.41) is 3.76. The molecule has 4 nitrogen and oxygen atoms in total. The number of amides is 1. The highest BCUT2D eigenvalue weighted by molar-refractivity contribution is 6.30. The van der Waals surface area contributed by atoms with E-state index in [2.05, 4.69) is 17.2 Å². The second kappa shape index (κ2) is 8.61. The topological polar surface area (TPSA) is 49.4 Å². The number of benzene rings is 2. The van der Waals surface area contributed by atoms with Crippen molar-refractivity contribution in [2.24, 2.45) is 5.41 Å². The number of piperidine rings is 1. The van der Waals surface area contributed by atoms with Crippen molar-refractivity contribution < 1.29 is 22.8 Å². The molecule has 0 bridgehead atoms. The van der Waals surface area contributed by atoms with Gasteiger partial charge in [-0.05, 0) is 67.3 Å². The van der Waals surface area contributed by atoms with Crippen LogP contribution in [-0.2, 0) is 11.0 Å². The molecule has 8 heteroatoms. The van der Waals surface area contributed by atoms with Crippen LogP contribution >= 0.6 is 11.6 Å². The van der Waals surface area contributed by atoms with E-state index in [0.29, 0.717) is 43.1 Å². The van der Waals surface area contributed by atoms with Crippen molar-refractivity contribution in [3.8, 4) is 11.8 Å². The molecule has 0 radical (unpaired) electrons. The molecule has 2 aromatic carbocycles. The van der Waals surface area contributed by atoms with Gasteiger partial charge in [0.15, 0.2) is 0 Å². The zero-order chi connectivity index (χ0) is 22.9. The molecule has 1 spiro atoms. The molecule has 0 aliphatic carbocycles. The number of rotatable bonds is 2. The van der Waals surface area contributed by atoms with Gasteiger partial charge in [0, 0.05) is 41.2 Å². The van der Waals surface area contributed by atoms with Gasteiger partial charge in [0.05, 0.1) is 11.6 Å². The first-order valence-electron chi connectivity index (χ1n) is 10.2. The summed E-state index contributed by atoms with van der Waals surface area (Å²) < 4.78 is 38.2. The van der Waals surface area contributed by atoms with Crippen LogP contribution in [0, 0.1) is 17.3 Å². The fraction of sp³-hybridized carbons (Fsp3) is 0.333. The second-order valence-electron chi connectivity index (χ2n) is 8.16. The lowest BCUT2D eigenvalue weighted by atomic mass is 9.65. The Morgan fingerprint density at radius 3 is 2.19 bits per heavy atom. The predicted octanol–water partition coefficient (Wildman–Crippen LogP) is 4.17. The molecule has 2 aliphatic rings. The molecule has 32 heavy (non-hydrogen) atoms. The Hall–Kier alpha value is -2.82. The van der Waals surface area contributed by atoms with Crippen LogP contribution in [0.2, 0.25) is 5.02 Å². The summed E-state index contributed by atoms with van der Waals surface area (Å²) in [5.74, 6) is 5.08. The summed E-state index contributed by atoms with van der Waals surface area (Å²) in [7, 11) is 0. The number of nitrogens with zero attached hydrogens (tertiary/aromatic N) is 1. The molecule has 2 fully saturated rings. The van der Waals surface area contributed by atoms with Crippen molar-refractivity contribution >= 4 is 23.3 Å². The van der Waals surface area contributed by atoms with Gasteiger partial charge in [0.2, 0.25) is 5.78 Å². The highest BCUT2D eigenvalue weighted by Gasteiger charge is 2.51. The molecule has 0 aromatic heterocycles. The molecule has 2 aliphatic heterocycles. The van der Waals surface area contributed by atoms with Gasteiger partial charge in [0.1, 0.15) is 0 Å². The van der Waals surface area contributed by atoms with Gasteiger partial charge in [-0.25, -0.2) is 0 Å². The van der Waals surface area contributed by atoms with E-state index in [0.717, 1.165) is 12.1 Å². The van der Waals surface area contributed by atoms with E-state index in [4.69, 9.17) is 11.6 Å². The molecule has 0 saturated carbocycles. The quantitative estimate of drug-likeness (QED) is 0.684. The monoisotopic (exact) mass is 460 g/mol. The van der Waals surface area contributed by atoms with Gasteiger partial charge in [-0.3, -0.25) is 9.59 Å². The van der Waals surface area contributed by atoms with Crippen LogP contribution in [0.5, 0.6) is 0 Å². The minimum Gasteiger partial charge on any atom is -0.339 e. The largest absolute Gasteiger partial charge is 0.416 e. The number of hydrogen-bond donors (Lipinski definition) is 1. The summed E-state index contributed by atoms with van der Waals surface area (Å²) in [5.41, 5.74) is -0.105. The van der Waals surface area contributed by atoms with Gasteiger partial charge in [-0.1, -0.05) is 17.5 Å². The molecular formula is C24H20ClF3N2O2. The maximum absolute atomic E-state index is 12.7. The zero-order valence-corrected chi connectivity index (χ0v) is 17.8. The molecule has 2 heterocycles. The van der Waals surface area contributed by atoms with Crippen LogP contribution in [-0.4, -0.2) is 42.3 Å². The van der Waals surface area contributed by atoms with Crippen molar-refractivity contribution in [3.05, 3.63) is 70.2 Å². The summed E-state index contributed by atoms with van der Waals surface area (Å²) in [4.78, 5) is 27.0. The minimum atomic E-state index is -4.44. The van der Waals surface area contributed by atoms with Crippen molar-refractivity contribution in [2.45, 2.75) is 25.1 Å². The second-order valence-corrected chi connectivity index (χ2v) is 8.60. The van der Waals surface area contributed by atoms with E-state index in [-0.39, 0.29) is 28.7 Å². The molecule has 1 atom stereocenters. The predicted molar refractivity (Wildman–Crippen MR) is 114 cm³/mol. The van der Waals surface area contributed by atoms with Crippen molar-refractivity contribution in [2.75, 3.05) is 19.6 Å². The first kappa shape index (κ1) is 22.4. The average Bonchev–Trinajstić information content (AvgIpc) is 2.77. The Labute approximate surface area is 188 Å². The number of likely N-dealkylation sites (tertiary alicyclic amines) is 1. The fourth-order valence-corrected chi connectivity index (χ4v) is 4.33. The molecular weight excluding hydrogens is 441 g/mol. The number of alkyl halides is 3. The van der Waals surface area contributed by atoms with Crippen molar-refractivity contribution in [3.63, 3.8) is 0 Å². The van der Waals surface area contributed by atoms with Crippen LogP contribution in [0.15, 0.2) is 48.5 Å². The smallest absolute Gasteiger partial charge is 0.339 e. The third kappa shape index (κ3) is 4.52. The standard InChI is InChI=1S/C24H20ClF3N2O2/c25-19-8-1-16(2-9-19)3-10-20(31)21-23(15-29-21)11-13-30(14-12-23)22(32)17-4-6-18(7-5-17)24(26,27)28/h1-2,4-9,21,29H,11-15H2. The van der Waals surface area contributed by atoms with Gasteiger partial charge >= 0.3 is 6.18 Å². The normalized spacial score (nSPS) is 19.6. The molecule has 1 unspecified atom stereocenters. The molecule has 4 rings (SSSR count). The van der Waals surface area contributed by atoms with Crippen molar-refractivity contribution in [1.82, 2.24) is 10.2 Å². The summed E-state index contributed by atoms with van der Waals surface area (Å²) >= 11 is 5.85. The lowest BCUT2D eigenvalue weighted by Gasteiger charge is -2.53. The third-order valence-electron chi connectivity index (χ3n) is 6.21. The van der Waals surface area contributed by atoms with Gasteiger partial charge in [0.25, 0.3) is 5.91 Å². The Morgan fingerprint density at radius 1 is 1.03 bits per heavy atom. The fourth-order valence-electron chi connectivity index (χ4n) is 4.21. The number of carbonyl (C=O) groups excluding carboxylic acids is 2. The van der Waals surface area contributed by atoms with E-state index in [1.807, 2.05) is 0 Å². The molecule has 1 N–H and O–H groups in total. The average molecular weight is 461 g/mol. The lowest BCUT2D eigenvalue weighted by Crippen LogP contribution is -2.68. The number of hydrogen-bond acceptors (Lipinski definition) is 3. The molecule has 2 aromatic rings. The Bertz CT molecular complexity index is 1080. The van der Waals surface area contributed by atoms with E-state index in [1.54, 1.807) is 29.2 Å². The first-order chi connectivity index (χ1) is 15.2. The van der Waals surface area contributed by atoms with E-state index in [9.17, 15) is 22.8 Å². The Balaban J connectivity index is 1.37.